The van der Waals surface area contributed by atoms with E-state index in [-0.39, 0.29) is 12.2 Å². The van der Waals surface area contributed by atoms with Crippen LogP contribution in [0.4, 0.5) is 10.1 Å². The van der Waals surface area contributed by atoms with E-state index in [1.807, 2.05) is 32.0 Å². The fourth-order valence-corrected chi connectivity index (χ4v) is 1.82. The zero-order valence-electron chi connectivity index (χ0n) is 11.4. The summed E-state index contributed by atoms with van der Waals surface area (Å²) in [6, 6.07) is 9.61. The lowest BCUT2D eigenvalue weighted by atomic mass is 10.1. The van der Waals surface area contributed by atoms with Gasteiger partial charge in [0.1, 0.15) is 12.4 Å². The van der Waals surface area contributed by atoms with Crippen molar-refractivity contribution in [2.75, 3.05) is 5.73 Å². The summed E-state index contributed by atoms with van der Waals surface area (Å²) in [5, 5.41) is 0. The number of nitrogens with two attached hydrogens (primary N) is 1. The van der Waals surface area contributed by atoms with Crippen LogP contribution >= 0.6 is 0 Å². The van der Waals surface area contributed by atoms with E-state index in [1.165, 1.54) is 17.7 Å². The molecule has 104 valence electrons. The number of hydrogen-bond donors (Lipinski definition) is 1. The van der Waals surface area contributed by atoms with Crippen LogP contribution in [-0.4, -0.2) is 5.97 Å². The predicted molar refractivity (Wildman–Crippen MR) is 75.8 cm³/mol. The summed E-state index contributed by atoms with van der Waals surface area (Å²) in [5.41, 5.74) is 8.87. The highest BCUT2D eigenvalue weighted by molar-refractivity contribution is 5.90. The van der Waals surface area contributed by atoms with E-state index in [2.05, 4.69) is 0 Å². The highest BCUT2D eigenvalue weighted by atomic mass is 19.1. The summed E-state index contributed by atoms with van der Waals surface area (Å²) in [5.74, 6) is -1.35. The highest BCUT2D eigenvalue weighted by Crippen LogP contribution is 2.15. The van der Waals surface area contributed by atoms with Crippen LogP contribution in [0.15, 0.2) is 36.4 Å². The van der Waals surface area contributed by atoms with Crippen LogP contribution in [0.2, 0.25) is 0 Å². The fraction of sp³-hybridized carbons (Fsp3) is 0.188. The van der Waals surface area contributed by atoms with Crippen molar-refractivity contribution < 1.29 is 13.9 Å². The lowest BCUT2D eigenvalue weighted by molar-refractivity contribution is 0.0467. The summed E-state index contributed by atoms with van der Waals surface area (Å²) < 4.78 is 18.6. The number of benzene rings is 2. The number of anilines is 1. The van der Waals surface area contributed by atoms with Crippen LogP contribution in [0.1, 0.15) is 27.0 Å². The van der Waals surface area contributed by atoms with Gasteiger partial charge in [-0.15, -0.1) is 0 Å². The molecule has 0 aliphatic carbocycles. The van der Waals surface area contributed by atoms with E-state index < -0.39 is 11.8 Å². The molecule has 4 heteroatoms. The molecule has 0 bridgehead atoms. The minimum absolute atomic E-state index is 0.105. The number of nitrogen functional groups attached to an aromatic ring is 1. The number of hydrogen-bond acceptors (Lipinski definition) is 3. The van der Waals surface area contributed by atoms with E-state index in [1.54, 1.807) is 0 Å². The average Bonchev–Trinajstić information content (AvgIpc) is 2.42. The van der Waals surface area contributed by atoms with E-state index in [0.717, 1.165) is 17.2 Å². The van der Waals surface area contributed by atoms with E-state index in [4.69, 9.17) is 10.5 Å². The lowest BCUT2D eigenvalue weighted by Crippen LogP contribution is -2.08. The van der Waals surface area contributed by atoms with Crippen molar-refractivity contribution in [3.05, 3.63) is 64.5 Å². The zero-order chi connectivity index (χ0) is 14.7. The molecule has 2 aromatic rings. The Morgan fingerprint density at radius 2 is 1.90 bits per heavy atom. The third-order valence-electron chi connectivity index (χ3n) is 3.15. The second-order valence-electron chi connectivity index (χ2n) is 4.73. The Labute approximate surface area is 117 Å². The minimum atomic E-state index is -0.715. The summed E-state index contributed by atoms with van der Waals surface area (Å²) in [7, 11) is 0. The number of rotatable bonds is 3. The molecule has 0 saturated carbocycles. The van der Waals surface area contributed by atoms with Crippen LogP contribution in [0.3, 0.4) is 0 Å². The van der Waals surface area contributed by atoms with E-state index >= 15 is 0 Å². The van der Waals surface area contributed by atoms with Gasteiger partial charge in [0.15, 0.2) is 0 Å². The highest BCUT2D eigenvalue weighted by Gasteiger charge is 2.13. The molecule has 0 fully saturated rings. The zero-order valence-corrected chi connectivity index (χ0v) is 11.4. The summed E-state index contributed by atoms with van der Waals surface area (Å²) in [4.78, 5) is 11.8. The van der Waals surface area contributed by atoms with Crippen LogP contribution in [0, 0.1) is 19.7 Å². The van der Waals surface area contributed by atoms with Gasteiger partial charge in [0, 0.05) is 5.69 Å². The number of carbonyl (C=O) groups is 1. The van der Waals surface area contributed by atoms with Crippen LogP contribution in [-0.2, 0) is 11.3 Å². The van der Waals surface area contributed by atoms with Crippen LogP contribution in [0.25, 0.3) is 0 Å². The molecule has 2 N–H and O–H groups in total. The molecule has 0 radical (unpaired) electrons. The first-order valence-electron chi connectivity index (χ1n) is 6.25. The lowest BCUT2D eigenvalue weighted by Gasteiger charge is -2.08. The van der Waals surface area contributed by atoms with Gasteiger partial charge in [-0.2, -0.15) is 0 Å². The Morgan fingerprint density at radius 3 is 2.60 bits per heavy atom. The Kier molecular flexibility index (Phi) is 4.03. The van der Waals surface area contributed by atoms with Crippen LogP contribution < -0.4 is 5.73 Å². The maximum atomic E-state index is 13.5. The van der Waals surface area contributed by atoms with Crippen molar-refractivity contribution in [2.24, 2.45) is 0 Å². The van der Waals surface area contributed by atoms with E-state index in [0.29, 0.717) is 5.69 Å². The van der Waals surface area contributed by atoms with Gasteiger partial charge >= 0.3 is 5.97 Å². The van der Waals surface area contributed by atoms with Crippen molar-refractivity contribution >= 4 is 11.7 Å². The van der Waals surface area contributed by atoms with Gasteiger partial charge < -0.3 is 10.5 Å². The second kappa shape index (κ2) is 5.74. The largest absolute Gasteiger partial charge is 0.457 e. The molecule has 0 amide bonds. The number of carbonyl (C=O) groups excluding carboxylic acids is 1. The fourth-order valence-electron chi connectivity index (χ4n) is 1.82. The number of ether oxygens (including phenoxy) is 1. The molecule has 0 unspecified atom stereocenters. The summed E-state index contributed by atoms with van der Waals surface area (Å²) >= 11 is 0. The molecule has 0 heterocycles. The van der Waals surface area contributed by atoms with Gasteiger partial charge in [-0.25, -0.2) is 9.18 Å². The quantitative estimate of drug-likeness (QED) is 0.689. The molecule has 0 aromatic heterocycles. The molecule has 0 spiro atoms. The molecule has 0 saturated heterocycles. The first-order chi connectivity index (χ1) is 9.47. The monoisotopic (exact) mass is 273 g/mol. The SMILES string of the molecule is Cc1ccc(COC(=O)c2cc(N)ccc2F)cc1C. The van der Waals surface area contributed by atoms with E-state index in [9.17, 15) is 9.18 Å². The predicted octanol–water partition coefficient (Wildman–Crippen LogP) is 3.38. The smallest absolute Gasteiger partial charge is 0.341 e. The Bertz CT molecular complexity index is 653. The molecule has 3 nitrogen and oxygen atoms in total. The molecule has 0 aliphatic heterocycles. The topological polar surface area (TPSA) is 52.3 Å². The maximum absolute atomic E-state index is 13.5. The molecular weight excluding hydrogens is 257 g/mol. The standard InChI is InChI=1S/C16H16FNO2/c1-10-3-4-12(7-11(10)2)9-20-16(19)14-8-13(18)5-6-15(14)17/h3-8H,9,18H2,1-2H3. The number of esters is 1. The molecule has 2 rings (SSSR count). The van der Waals surface area contributed by atoms with Crippen molar-refractivity contribution in [1.82, 2.24) is 0 Å². The Balaban J connectivity index is 2.08. The van der Waals surface area contributed by atoms with Gasteiger partial charge in [0.05, 0.1) is 5.56 Å². The first kappa shape index (κ1) is 14.1. The van der Waals surface area contributed by atoms with Gasteiger partial charge in [0.25, 0.3) is 0 Å². The summed E-state index contributed by atoms with van der Waals surface area (Å²) in [6.45, 7) is 4.10. The molecular formula is C16H16FNO2. The number of halogens is 1. The molecule has 0 atom stereocenters. The van der Waals surface area contributed by atoms with Crippen molar-refractivity contribution in [2.45, 2.75) is 20.5 Å². The van der Waals surface area contributed by atoms with Crippen molar-refractivity contribution in [1.29, 1.82) is 0 Å². The third-order valence-corrected chi connectivity index (χ3v) is 3.15. The number of aryl methyl sites for hydroxylation is 2. The maximum Gasteiger partial charge on any atom is 0.341 e. The van der Waals surface area contributed by atoms with Crippen molar-refractivity contribution in [3.8, 4) is 0 Å². The third kappa shape index (κ3) is 3.15. The molecule has 20 heavy (non-hydrogen) atoms. The van der Waals surface area contributed by atoms with Gasteiger partial charge in [-0.1, -0.05) is 18.2 Å². The van der Waals surface area contributed by atoms with Gasteiger partial charge in [0.2, 0.25) is 0 Å². The molecule has 2 aromatic carbocycles. The Hall–Kier alpha value is -2.36. The van der Waals surface area contributed by atoms with Crippen LogP contribution in [0.5, 0.6) is 0 Å². The first-order valence-corrected chi connectivity index (χ1v) is 6.25. The Morgan fingerprint density at radius 1 is 1.15 bits per heavy atom. The van der Waals surface area contributed by atoms with Gasteiger partial charge in [-0.3, -0.25) is 0 Å². The van der Waals surface area contributed by atoms with Crippen molar-refractivity contribution in [3.63, 3.8) is 0 Å². The van der Waals surface area contributed by atoms with Gasteiger partial charge in [-0.05, 0) is 48.7 Å². The second-order valence-corrected chi connectivity index (χ2v) is 4.73. The summed E-state index contributed by atoms with van der Waals surface area (Å²) in [6.07, 6.45) is 0. The minimum Gasteiger partial charge on any atom is -0.457 e. The average molecular weight is 273 g/mol. The normalized spacial score (nSPS) is 10.3. The molecule has 0 aliphatic rings.